The Morgan fingerprint density at radius 2 is 2.16 bits per heavy atom. The topological polar surface area (TPSA) is 54.4 Å². The lowest BCUT2D eigenvalue weighted by Crippen LogP contribution is -2.16. The highest BCUT2D eigenvalue weighted by molar-refractivity contribution is 7.10. The first-order chi connectivity index (χ1) is 9.16. The van der Waals surface area contributed by atoms with Crippen LogP contribution < -0.4 is 5.43 Å². The van der Waals surface area contributed by atoms with Crippen LogP contribution >= 0.6 is 11.3 Å². The normalized spacial score (nSPS) is 11.1. The van der Waals surface area contributed by atoms with E-state index in [2.05, 4.69) is 29.4 Å². The Hall–Kier alpha value is -2.01. The molecule has 0 atom stereocenters. The lowest BCUT2D eigenvalue weighted by Gasteiger charge is -1.98. The van der Waals surface area contributed by atoms with Crippen molar-refractivity contribution in [1.82, 2.24) is 10.4 Å². The third-order valence-corrected chi connectivity index (χ3v) is 3.77. The molecule has 0 aromatic carbocycles. The number of aromatic nitrogens is 1. The minimum atomic E-state index is -0.187. The number of hydrogen-bond acceptors (Lipinski definition) is 4. The van der Waals surface area contributed by atoms with Crippen LogP contribution in [0.4, 0.5) is 0 Å². The van der Waals surface area contributed by atoms with Crippen LogP contribution in [0.25, 0.3) is 0 Å². The van der Waals surface area contributed by atoms with Crippen molar-refractivity contribution in [2.75, 3.05) is 0 Å². The maximum atomic E-state index is 11.8. The van der Waals surface area contributed by atoms with Crippen molar-refractivity contribution in [2.24, 2.45) is 5.10 Å². The second kappa shape index (κ2) is 6.24. The molecule has 2 heterocycles. The zero-order chi connectivity index (χ0) is 13.7. The molecule has 0 spiro atoms. The summed E-state index contributed by atoms with van der Waals surface area (Å²) in [5.41, 5.74) is 4.06. The maximum Gasteiger partial charge on any atom is 0.272 e. The summed E-state index contributed by atoms with van der Waals surface area (Å²) in [6, 6.07) is 5.54. The van der Waals surface area contributed by atoms with Gasteiger partial charge < -0.3 is 0 Å². The third-order valence-electron chi connectivity index (χ3n) is 2.54. The fourth-order valence-electron chi connectivity index (χ4n) is 1.45. The molecule has 0 aliphatic carbocycles. The number of carbonyl (C=O) groups excluding carboxylic acids is 1. The number of hydrazone groups is 1. The average Bonchev–Trinajstić information content (AvgIpc) is 2.89. The van der Waals surface area contributed by atoms with E-state index in [-0.39, 0.29) is 5.91 Å². The summed E-state index contributed by atoms with van der Waals surface area (Å²) < 4.78 is 0. The molecule has 2 rings (SSSR count). The van der Waals surface area contributed by atoms with Crippen LogP contribution in [-0.2, 0) is 0 Å². The van der Waals surface area contributed by atoms with E-state index in [0.717, 1.165) is 5.56 Å². The molecule has 1 amide bonds. The van der Waals surface area contributed by atoms with Crippen LogP contribution in [0.1, 0.15) is 40.6 Å². The monoisotopic (exact) mass is 273 g/mol. The van der Waals surface area contributed by atoms with Gasteiger partial charge in [-0.1, -0.05) is 13.8 Å². The predicted molar refractivity (Wildman–Crippen MR) is 77.7 cm³/mol. The summed E-state index contributed by atoms with van der Waals surface area (Å²) in [6.45, 7) is 4.21. The molecule has 0 radical (unpaired) electrons. The van der Waals surface area contributed by atoms with Crippen molar-refractivity contribution >= 4 is 23.5 Å². The van der Waals surface area contributed by atoms with Gasteiger partial charge in [0.2, 0.25) is 0 Å². The Kier molecular flexibility index (Phi) is 4.41. The van der Waals surface area contributed by atoms with Crippen LogP contribution in [-0.4, -0.2) is 17.1 Å². The summed E-state index contributed by atoms with van der Waals surface area (Å²) in [4.78, 5) is 16.9. The molecule has 98 valence electrons. The highest BCUT2D eigenvalue weighted by Gasteiger charge is 2.09. The average molecular weight is 273 g/mol. The van der Waals surface area contributed by atoms with Gasteiger partial charge in [-0.25, -0.2) is 5.43 Å². The quantitative estimate of drug-likeness (QED) is 0.687. The van der Waals surface area contributed by atoms with Gasteiger partial charge in [0.05, 0.1) is 11.8 Å². The number of carbonyl (C=O) groups is 1. The molecule has 0 aliphatic heterocycles. The molecular weight excluding hydrogens is 258 g/mol. The molecule has 0 fully saturated rings. The van der Waals surface area contributed by atoms with Gasteiger partial charge in [-0.05, 0) is 29.7 Å². The van der Waals surface area contributed by atoms with Crippen molar-refractivity contribution in [3.05, 3.63) is 52.0 Å². The summed E-state index contributed by atoms with van der Waals surface area (Å²) in [6.07, 6.45) is 4.95. The molecule has 5 heteroatoms. The number of amides is 1. The molecule has 0 saturated heterocycles. The summed E-state index contributed by atoms with van der Waals surface area (Å²) in [5, 5.41) is 5.78. The predicted octanol–water partition coefficient (Wildman–Crippen LogP) is 3.03. The number of nitrogens with zero attached hydrogens (tertiary/aromatic N) is 2. The zero-order valence-corrected chi connectivity index (χ0v) is 11.6. The van der Waals surface area contributed by atoms with E-state index in [1.54, 1.807) is 29.9 Å². The van der Waals surface area contributed by atoms with Gasteiger partial charge in [0.15, 0.2) is 0 Å². The molecule has 1 N–H and O–H groups in total. The second-order valence-electron chi connectivity index (χ2n) is 4.37. The Labute approximate surface area is 116 Å². The van der Waals surface area contributed by atoms with Gasteiger partial charge in [-0.3, -0.25) is 9.78 Å². The molecular formula is C14H15N3OS. The lowest BCUT2D eigenvalue weighted by atomic mass is 10.1. The molecule has 0 unspecified atom stereocenters. The molecule has 2 aromatic heterocycles. The van der Waals surface area contributed by atoms with E-state index in [1.807, 2.05) is 23.6 Å². The number of nitrogens with one attached hydrogen (secondary N) is 1. The third kappa shape index (κ3) is 3.72. The van der Waals surface area contributed by atoms with Crippen LogP contribution in [0.2, 0.25) is 0 Å². The fraction of sp³-hybridized carbons (Fsp3) is 0.214. The minimum absolute atomic E-state index is 0.187. The summed E-state index contributed by atoms with van der Waals surface area (Å²) >= 11 is 1.59. The van der Waals surface area contributed by atoms with Gasteiger partial charge in [0, 0.05) is 22.7 Å². The van der Waals surface area contributed by atoms with E-state index in [0.29, 0.717) is 11.5 Å². The van der Waals surface area contributed by atoms with Crippen molar-refractivity contribution in [3.8, 4) is 0 Å². The van der Waals surface area contributed by atoms with E-state index in [1.165, 1.54) is 4.88 Å². The van der Waals surface area contributed by atoms with Crippen LogP contribution in [0.3, 0.4) is 0 Å². The Bertz CT molecular complexity index is 575. The van der Waals surface area contributed by atoms with Crippen LogP contribution in [0, 0.1) is 0 Å². The number of thiophene rings is 1. The first-order valence-corrected chi connectivity index (χ1v) is 6.86. The number of hydrogen-bond donors (Lipinski definition) is 1. The standard InChI is InChI=1S/C14H15N3OS/c1-10(2)13-7-12(9-19-13)14(18)17-16-8-11-3-5-15-6-4-11/h3-10H,1-2H3,(H,17,18)/b16-8-. The lowest BCUT2D eigenvalue weighted by molar-refractivity contribution is 0.0955. The first-order valence-electron chi connectivity index (χ1n) is 5.98. The largest absolute Gasteiger partial charge is 0.272 e. The minimum Gasteiger partial charge on any atom is -0.267 e. The number of pyridine rings is 1. The highest BCUT2D eigenvalue weighted by atomic mass is 32.1. The fourth-order valence-corrected chi connectivity index (χ4v) is 2.36. The molecule has 0 bridgehead atoms. The summed E-state index contributed by atoms with van der Waals surface area (Å²) in [5.74, 6) is 0.250. The van der Waals surface area contributed by atoms with Gasteiger partial charge in [0.1, 0.15) is 0 Å². The maximum absolute atomic E-state index is 11.8. The zero-order valence-electron chi connectivity index (χ0n) is 10.8. The summed E-state index contributed by atoms with van der Waals surface area (Å²) in [7, 11) is 0. The Morgan fingerprint density at radius 3 is 2.79 bits per heavy atom. The smallest absolute Gasteiger partial charge is 0.267 e. The molecule has 0 aliphatic rings. The second-order valence-corrected chi connectivity index (χ2v) is 5.31. The van der Waals surface area contributed by atoms with Crippen molar-refractivity contribution in [3.63, 3.8) is 0 Å². The van der Waals surface area contributed by atoms with E-state index in [4.69, 9.17) is 0 Å². The van der Waals surface area contributed by atoms with Crippen LogP contribution in [0.5, 0.6) is 0 Å². The van der Waals surface area contributed by atoms with E-state index >= 15 is 0 Å². The number of rotatable bonds is 4. The molecule has 19 heavy (non-hydrogen) atoms. The van der Waals surface area contributed by atoms with Gasteiger partial charge in [-0.15, -0.1) is 11.3 Å². The van der Waals surface area contributed by atoms with Crippen molar-refractivity contribution in [1.29, 1.82) is 0 Å². The van der Waals surface area contributed by atoms with E-state index in [9.17, 15) is 4.79 Å². The first kappa shape index (κ1) is 13.4. The Morgan fingerprint density at radius 1 is 1.42 bits per heavy atom. The van der Waals surface area contributed by atoms with Gasteiger partial charge in [0.25, 0.3) is 5.91 Å². The Balaban J connectivity index is 1.96. The highest BCUT2D eigenvalue weighted by Crippen LogP contribution is 2.22. The molecule has 4 nitrogen and oxygen atoms in total. The SMILES string of the molecule is CC(C)c1cc(C(=O)N/N=C\c2ccncc2)cs1. The van der Waals surface area contributed by atoms with Crippen molar-refractivity contribution in [2.45, 2.75) is 19.8 Å². The molecule has 0 saturated carbocycles. The van der Waals surface area contributed by atoms with E-state index < -0.39 is 0 Å². The van der Waals surface area contributed by atoms with Crippen LogP contribution in [0.15, 0.2) is 41.1 Å². The van der Waals surface area contributed by atoms with Gasteiger partial charge in [-0.2, -0.15) is 5.10 Å². The van der Waals surface area contributed by atoms with Gasteiger partial charge >= 0.3 is 0 Å². The van der Waals surface area contributed by atoms with Crippen molar-refractivity contribution < 1.29 is 4.79 Å². The molecule has 2 aromatic rings.